The van der Waals surface area contributed by atoms with Gasteiger partial charge >= 0.3 is 0 Å². The molecule has 104 valence electrons. The summed E-state index contributed by atoms with van der Waals surface area (Å²) in [7, 11) is 0. The zero-order chi connectivity index (χ0) is 14.7. The van der Waals surface area contributed by atoms with E-state index in [1.54, 1.807) is 6.07 Å². The molecule has 0 spiro atoms. The summed E-state index contributed by atoms with van der Waals surface area (Å²) >= 11 is 3.43. The van der Waals surface area contributed by atoms with E-state index in [-0.39, 0.29) is 5.56 Å². The third kappa shape index (κ3) is 3.11. The summed E-state index contributed by atoms with van der Waals surface area (Å²) in [4.78, 5) is 12.1. The molecule has 0 bridgehead atoms. The van der Waals surface area contributed by atoms with Crippen molar-refractivity contribution in [3.8, 4) is 11.3 Å². The van der Waals surface area contributed by atoms with Crippen LogP contribution in [-0.4, -0.2) is 9.78 Å². The van der Waals surface area contributed by atoms with Gasteiger partial charge in [0.05, 0.1) is 11.0 Å². The third-order valence-electron chi connectivity index (χ3n) is 3.17. The van der Waals surface area contributed by atoms with Gasteiger partial charge in [-0.2, -0.15) is 5.10 Å². The highest BCUT2D eigenvalue weighted by atomic mass is 79.9. The van der Waals surface area contributed by atoms with Gasteiger partial charge in [-0.1, -0.05) is 60.7 Å². The van der Waals surface area contributed by atoms with E-state index in [4.69, 9.17) is 0 Å². The van der Waals surface area contributed by atoms with Gasteiger partial charge in [-0.3, -0.25) is 4.79 Å². The Hall–Kier alpha value is -2.20. The Balaban J connectivity index is 2.04. The molecule has 3 rings (SSSR count). The maximum Gasteiger partial charge on any atom is 0.268 e. The Labute approximate surface area is 131 Å². The molecule has 3 aromatic rings. The minimum absolute atomic E-state index is 0.120. The van der Waals surface area contributed by atoms with Gasteiger partial charge in [-0.15, -0.1) is 0 Å². The van der Waals surface area contributed by atoms with Gasteiger partial charge < -0.3 is 0 Å². The molecule has 4 heteroatoms. The highest BCUT2D eigenvalue weighted by Gasteiger charge is 2.09. The summed E-state index contributed by atoms with van der Waals surface area (Å²) in [5, 5.41) is 4.49. The van der Waals surface area contributed by atoms with Crippen molar-refractivity contribution in [2.24, 2.45) is 0 Å². The van der Waals surface area contributed by atoms with Crippen LogP contribution in [0.1, 0.15) is 5.56 Å². The van der Waals surface area contributed by atoms with Crippen LogP contribution in [0.5, 0.6) is 0 Å². The van der Waals surface area contributed by atoms with Crippen LogP contribution < -0.4 is 5.56 Å². The van der Waals surface area contributed by atoms with Crippen molar-refractivity contribution in [1.29, 1.82) is 0 Å². The Morgan fingerprint density at radius 1 is 0.952 bits per heavy atom. The average Bonchev–Trinajstić information content (AvgIpc) is 2.52. The first-order valence-electron chi connectivity index (χ1n) is 6.61. The lowest BCUT2D eigenvalue weighted by Gasteiger charge is -2.09. The van der Waals surface area contributed by atoms with Gasteiger partial charge in [0.15, 0.2) is 0 Å². The first kappa shape index (κ1) is 13.8. The van der Waals surface area contributed by atoms with Crippen LogP contribution >= 0.6 is 15.9 Å². The van der Waals surface area contributed by atoms with Gasteiger partial charge in [0.25, 0.3) is 5.56 Å². The quantitative estimate of drug-likeness (QED) is 0.728. The second-order valence-electron chi connectivity index (χ2n) is 4.69. The molecule has 0 saturated heterocycles. The summed E-state index contributed by atoms with van der Waals surface area (Å²) in [5.41, 5.74) is 2.68. The minimum Gasteiger partial charge on any atom is -0.268 e. The summed E-state index contributed by atoms with van der Waals surface area (Å²) in [6.07, 6.45) is 0. The zero-order valence-corrected chi connectivity index (χ0v) is 12.8. The molecule has 2 aromatic carbocycles. The van der Waals surface area contributed by atoms with E-state index in [9.17, 15) is 4.79 Å². The van der Waals surface area contributed by atoms with Gasteiger partial charge in [0.2, 0.25) is 0 Å². The molecule has 0 aliphatic heterocycles. The topological polar surface area (TPSA) is 34.9 Å². The number of halogens is 1. The lowest BCUT2D eigenvalue weighted by molar-refractivity contribution is 0.641. The molecule has 1 aromatic heterocycles. The van der Waals surface area contributed by atoms with E-state index in [1.165, 1.54) is 4.68 Å². The van der Waals surface area contributed by atoms with Crippen LogP contribution in [0.25, 0.3) is 11.3 Å². The number of hydrogen-bond acceptors (Lipinski definition) is 2. The molecule has 0 N–H and O–H groups in total. The Kier molecular flexibility index (Phi) is 3.97. The number of rotatable bonds is 3. The van der Waals surface area contributed by atoms with E-state index < -0.39 is 0 Å². The summed E-state index contributed by atoms with van der Waals surface area (Å²) in [5.74, 6) is 0. The number of benzene rings is 2. The first-order valence-corrected chi connectivity index (χ1v) is 7.40. The Bertz CT molecular complexity index is 798. The van der Waals surface area contributed by atoms with Crippen LogP contribution in [0, 0.1) is 0 Å². The Morgan fingerprint density at radius 2 is 1.57 bits per heavy atom. The molecule has 0 radical (unpaired) electrons. The van der Waals surface area contributed by atoms with Crippen LogP contribution in [-0.2, 0) is 6.54 Å². The van der Waals surface area contributed by atoms with Crippen molar-refractivity contribution < 1.29 is 0 Å². The number of hydrogen-bond donors (Lipinski definition) is 0. The molecule has 0 saturated carbocycles. The van der Waals surface area contributed by atoms with E-state index in [0.29, 0.717) is 11.0 Å². The number of aromatic nitrogens is 2. The van der Waals surface area contributed by atoms with Crippen molar-refractivity contribution in [2.75, 3.05) is 0 Å². The highest BCUT2D eigenvalue weighted by molar-refractivity contribution is 9.10. The van der Waals surface area contributed by atoms with Gasteiger partial charge in [-0.25, -0.2) is 4.68 Å². The molecule has 1 heterocycles. The monoisotopic (exact) mass is 340 g/mol. The largest absolute Gasteiger partial charge is 0.268 e. The van der Waals surface area contributed by atoms with Gasteiger partial charge in [0, 0.05) is 11.6 Å². The lowest BCUT2D eigenvalue weighted by atomic mass is 10.1. The van der Waals surface area contributed by atoms with Crippen molar-refractivity contribution in [3.05, 3.63) is 87.1 Å². The minimum atomic E-state index is -0.120. The van der Waals surface area contributed by atoms with Crippen LogP contribution in [0.15, 0.2) is 76.0 Å². The fourth-order valence-corrected chi connectivity index (χ4v) is 2.63. The third-order valence-corrected chi connectivity index (χ3v) is 3.78. The predicted octanol–water partition coefficient (Wildman–Crippen LogP) is 3.72. The molecule has 0 atom stereocenters. The maximum absolute atomic E-state index is 12.1. The molecule has 3 nitrogen and oxygen atoms in total. The fourth-order valence-electron chi connectivity index (χ4n) is 2.13. The van der Waals surface area contributed by atoms with Crippen LogP contribution in [0.4, 0.5) is 0 Å². The standard InChI is InChI=1S/C17H13BrN2O/c18-15-11-16(21)20(12-13-7-3-1-4-8-13)19-17(15)14-9-5-2-6-10-14/h1-11H,12H2. The summed E-state index contributed by atoms with van der Waals surface area (Å²) < 4.78 is 2.20. The van der Waals surface area contributed by atoms with Crippen molar-refractivity contribution >= 4 is 15.9 Å². The molecule has 0 aliphatic rings. The van der Waals surface area contributed by atoms with E-state index in [0.717, 1.165) is 16.8 Å². The van der Waals surface area contributed by atoms with E-state index in [1.807, 2.05) is 60.7 Å². The van der Waals surface area contributed by atoms with Crippen molar-refractivity contribution in [3.63, 3.8) is 0 Å². The number of nitrogens with zero attached hydrogens (tertiary/aromatic N) is 2. The second-order valence-corrected chi connectivity index (χ2v) is 5.54. The molecular weight excluding hydrogens is 328 g/mol. The Morgan fingerprint density at radius 3 is 2.24 bits per heavy atom. The van der Waals surface area contributed by atoms with Crippen molar-refractivity contribution in [2.45, 2.75) is 6.54 Å². The molecule has 0 unspecified atom stereocenters. The van der Waals surface area contributed by atoms with E-state index in [2.05, 4.69) is 21.0 Å². The second kappa shape index (κ2) is 6.06. The van der Waals surface area contributed by atoms with Gasteiger partial charge in [-0.05, 0) is 21.5 Å². The molecular formula is C17H13BrN2O. The van der Waals surface area contributed by atoms with Crippen LogP contribution in [0.3, 0.4) is 0 Å². The smallest absolute Gasteiger partial charge is 0.268 e. The SMILES string of the molecule is O=c1cc(Br)c(-c2ccccc2)nn1Cc1ccccc1. The molecule has 0 fully saturated rings. The predicted molar refractivity (Wildman–Crippen MR) is 87.2 cm³/mol. The normalized spacial score (nSPS) is 10.5. The average molecular weight is 341 g/mol. The maximum atomic E-state index is 12.1. The fraction of sp³-hybridized carbons (Fsp3) is 0.0588. The lowest BCUT2D eigenvalue weighted by Crippen LogP contribution is -2.23. The first-order chi connectivity index (χ1) is 10.2. The zero-order valence-electron chi connectivity index (χ0n) is 11.2. The van der Waals surface area contributed by atoms with Crippen LogP contribution in [0.2, 0.25) is 0 Å². The molecule has 0 amide bonds. The summed E-state index contributed by atoms with van der Waals surface area (Å²) in [6.45, 7) is 0.465. The van der Waals surface area contributed by atoms with Gasteiger partial charge in [0.1, 0.15) is 5.69 Å². The van der Waals surface area contributed by atoms with E-state index >= 15 is 0 Å². The molecule has 0 aliphatic carbocycles. The van der Waals surface area contributed by atoms with Crippen molar-refractivity contribution in [1.82, 2.24) is 9.78 Å². The molecule has 21 heavy (non-hydrogen) atoms. The highest BCUT2D eigenvalue weighted by Crippen LogP contribution is 2.24. The summed E-state index contributed by atoms with van der Waals surface area (Å²) in [6, 6.07) is 21.2.